The minimum absolute atomic E-state index is 0.106. The summed E-state index contributed by atoms with van der Waals surface area (Å²) in [6.45, 7) is 1.93. The molecule has 0 N–H and O–H groups in total. The van der Waals surface area contributed by atoms with E-state index in [2.05, 4.69) is 0 Å². The first kappa shape index (κ1) is 18.0. The average molecular weight is 414 g/mol. The number of nitrogens with zero attached hydrogens (tertiary/aromatic N) is 3. The number of aromatic nitrogens is 3. The molecule has 0 radical (unpaired) electrons. The van der Waals surface area contributed by atoms with Gasteiger partial charge in [-0.1, -0.05) is 41.9 Å². The molecule has 4 rings (SSSR count). The Morgan fingerprint density at radius 2 is 1.70 bits per heavy atom. The van der Waals surface area contributed by atoms with E-state index in [0.29, 0.717) is 14.7 Å². The van der Waals surface area contributed by atoms with Crippen LogP contribution >= 0.6 is 35.2 Å². The van der Waals surface area contributed by atoms with Crippen molar-refractivity contribution in [1.82, 2.24) is 13.9 Å². The van der Waals surface area contributed by atoms with Gasteiger partial charge in [-0.25, -0.2) is 4.68 Å². The second-order valence-electron chi connectivity index (χ2n) is 6.14. The standard InChI is InChI=1S/C20H16ClN3OS2/c1-13-18(19(25)24(22(13)2)16-6-4-3-5-7-16)23-17(12-27-20(23)26)14-8-10-15(21)11-9-14/h3-12H,1-2H3. The second kappa shape index (κ2) is 6.96. The summed E-state index contributed by atoms with van der Waals surface area (Å²) in [5.74, 6) is 0. The molecule has 136 valence electrons. The summed E-state index contributed by atoms with van der Waals surface area (Å²) in [5.41, 5.74) is 3.96. The Balaban J connectivity index is 1.99. The lowest BCUT2D eigenvalue weighted by Crippen LogP contribution is -2.21. The summed E-state index contributed by atoms with van der Waals surface area (Å²) in [6.07, 6.45) is 0. The molecule has 0 saturated carbocycles. The van der Waals surface area contributed by atoms with Gasteiger partial charge in [-0.2, -0.15) is 0 Å². The quantitative estimate of drug-likeness (QED) is 0.422. The predicted molar refractivity (Wildman–Crippen MR) is 114 cm³/mol. The van der Waals surface area contributed by atoms with Crippen LogP contribution in [0.2, 0.25) is 5.02 Å². The van der Waals surface area contributed by atoms with Crippen LogP contribution in [0.3, 0.4) is 0 Å². The van der Waals surface area contributed by atoms with E-state index >= 15 is 0 Å². The lowest BCUT2D eigenvalue weighted by Gasteiger charge is -2.08. The van der Waals surface area contributed by atoms with Crippen LogP contribution in [0.4, 0.5) is 0 Å². The van der Waals surface area contributed by atoms with Crippen molar-refractivity contribution in [3.63, 3.8) is 0 Å². The van der Waals surface area contributed by atoms with E-state index in [1.807, 2.05) is 83.2 Å². The summed E-state index contributed by atoms with van der Waals surface area (Å²) in [6, 6.07) is 17.1. The van der Waals surface area contributed by atoms with Crippen LogP contribution in [-0.4, -0.2) is 13.9 Å². The van der Waals surface area contributed by atoms with Crippen molar-refractivity contribution < 1.29 is 0 Å². The van der Waals surface area contributed by atoms with Crippen LogP contribution in [0.5, 0.6) is 0 Å². The Kier molecular flexibility index (Phi) is 4.63. The van der Waals surface area contributed by atoms with Crippen LogP contribution in [0.15, 0.2) is 64.8 Å². The van der Waals surface area contributed by atoms with E-state index in [-0.39, 0.29) is 5.56 Å². The Bertz CT molecular complexity index is 1230. The number of halogens is 1. The molecule has 27 heavy (non-hydrogen) atoms. The van der Waals surface area contributed by atoms with Gasteiger partial charge in [-0.15, -0.1) is 11.3 Å². The maximum atomic E-state index is 13.4. The third-order valence-corrected chi connectivity index (χ3v) is 6.03. The van der Waals surface area contributed by atoms with Gasteiger partial charge in [-0.3, -0.25) is 14.0 Å². The van der Waals surface area contributed by atoms with Crippen molar-refractivity contribution in [2.24, 2.45) is 7.05 Å². The summed E-state index contributed by atoms with van der Waals surface area (Å²) >= 11 is 13.0. The smallest absolute Gasteiger partial charge is 0.285 e. The van der Waals surface area contributed by atoms with Crippen molar-refractivity contribution in [1.29, 1.82) is 0 Å². The molecule has 2 aromatic heterocycles. The van der Waals surface area contributed by atoms with Crippen molar-refractivity contribution in [3.8, 4) is 22.6 Å². The van der Waals surface area contributed by atoms with Gasteiger partial charge in [0.05, 0.1) is 17.1 Å². The zero-order valence-electron chi connectivity index (χ0n) is 14.7. The minimum Gasteiger partial charge on any atom is -0.285 e. The highest BCUT2D eigenvalue weighted by Crippen LogP contribution is 2.29. The summed E-state index contributed by atoms with van der Waals surface area (Å²) in [7, 11) is 1.88. The lowest BCUT2D eigenvalue weighted by atomic mass is 10.1. The van der Waals surface area contributed by atoms with Crippen LogP contribution < -0.4 is 5.56 Å². The Morgan fingerprint density at radius 3 is 2.37 bits per heavy atom. The largest absolute Gasteiger partial charge is 0.296 e. The first-order valence-corrected chi connectivity index (χ1v) is 9.96. The maximum Gasteiger partial charge on any atom is 0.296 e. The first-order valence-electron chi connectivity index (χ1n) is 8.30. The highest BCUT2D eigenvalue weighted by atomic mass is 35.5. The highest BCUT2D eigenvalue weighted by molar-refractivity contribution is 7.73. The van der Waals surface area contributed by atoms with E-state index in [4.69, 9.17) is 23.8 Å². The predicted octanol–water partition coefficient (Wildman–Crippen LogP) is 5.39. The van der Waals surface area contributed by atoms with Crippen molar-refractivity contribution in [2.45, 2.75) is 6.92 Å². The van der Waals surface area contributed by atoms with Crippen LogP contribution in [0.25, 0.3) is 22.6 Å². The zero-order valence-corrected chi connectivity index (χ0v) is 17.1. The Morgan fingerprint density at radius 1 is 1.04 bits per heavy atom. The molecule has 4 nitrogen and oxygen atoms in total. The fourth-order valence-electron chi connectivity index (χ4n) is 3.15. The average Bonchev–Trinajstić information content (AvgIpc) is 3.14. The number of hydrogen-bond acceptors (Lipinski definition) is 3. The molecule has 0 aliphatic carbocycles. The molecule has 4 aromatic rings. The molecule has 0 amide bonds. The van der Waals surface area contributed by atoms with Gasteiger partial charge in [0.15, 0.2) is 3.95 Å². The molecule has 0 spiro atoms. The second-order valence-corrected chi connectivity index (χ2v) is 8.08. The molecule has 0 unspecified atom stereocenters. The van der Waals surface area contributed by atoms with Gasteiger partial charge < -0.3 is 0 Å². The van der Waals surface area contributed by atoms with Crippen molar-refractivity contribution in [2.75, 3.05) is 0 Å². The third-order valence-electron chi connectivity index (χ3n) is 4.58. The van der Waals surface area contributed by atoms with Crippen molar-refractivity contribution in [3.05, 3.63) is 85.0 Å². The fourth-order valence-corrected chi connectivity index (χ4v) is 4.36. The number of hydrogen-bond donors (Lipinski definition) is 0. The lowest BCUT2D eigenvalue weighted by molar-refractivity contribution is 0.630. The fraction of sp³-hybridized carbons (Fsp3) is 0.100. The van der Waals surface area contributed by atoms with Gasteiger partial charge >= 0.3 is 0 Å². The van der Waals surface area contributed by atoms with Gasteiger partial charge in [0.2, 0.25) is 0 Å². The van der Waals surface area contributed by atoms with Crippen LogP contribution in [0, 0.1) is 10.9 Å². The topological polar surface area (TPSA) is 31.9 Å². The van der Waals surface area contributed by atoms with E-state index in [9.17, 15) is 4.79 Å². The molecule has 0 atom stereocenters. The normalized spacial score (nSPS) is 11.1. The van der Waals surface area contributed by atoms with Crippen LogP contribution in [-0.2, 0) is 7.05 Å². The summed E-state index contributed by atoms with van der Waals surface area (Å²) in [4.78, 5) is 13.4. The Labute approximate surface area is 170 Å². The molecule has 0 aliphatic heterocycles. The highest BCUT2D eigenvalue weighted by Gasteiger charge is 2.21. The molecule has 0 saturated heterocycles. The molecular formula is C20H16ClN3OS2. The SMILES string of the molecule is Cc1c(-n2c(-c3ccc(Cl)cc3)csc2=S)c(=O)n(-c2ccccc2)n1C. The molecule has 0 fully saturated rings. The Hall–Kier alpha value is -2.41. The van der Waals surface area contributed by atoms with E-state index in [1.54, 1.807) is 4.68 Å². The summed E-state index contributed by atoms with van der Waals surface area (Å²) < 4.78 is 6.01. The van der Waals surface area contributed by atoms with Gasteiger partial charge in [0.1, 0.15) is 5.69 Å². The number of benzene rings is 2. The van der Waals surface area contributed by atoms with Gasteiger partial charge in [0, 0.05) is 17.5 Å². The minimum atomic E-state index is -0.106. The summed E-state index contributed by atoms with van der Waals surface area (Å²) in [5, 5.41) is 2.64. The molecule has 0 bridgehead atoms. The molecule has 0 aliphatic rings. The van der Waals surface area contributed by atoms with Crippen molar-refractivity contribution >= 4 is 35.2 Å². The number of para-hydroxylation sites is 1. The molecule has 7 heteroatoms. The maximum absolute atomic E-state index is 13.4. The first-order chi connectivity index (χ1) is 13.0. The van der Waals surface area contributed by atoms with Gasteiger partial charge in [0.25, 0.3) is 5.56 Å². The molecule has 2 heterocycles. The van der Waals surface area contributed by atoms with E-state index in [0.717, 1.165) is 22.6 Å². The van der Waals surface area contributed by atoms with Gasteiger partial charge in [-0.05, 0) is 49.0 Å². The third kappa shape index (κ3) is 3.00. The molecular weight excluding hydrogens is 398 g/mol. The molecule has 2 aromatic carbocycles. The zero-order chi connectivity index (χ0) is 19.1. The van der Waals surface area contributed by atoms with Crippen LogP contribution in [0.1, 0.15) is 5.69 Å². The number of rotatable bonds is 3. The number of thiazole rings is 1. The van der Waals surface area contributed by atoms with E-state index in [1.165, 1.54) is 11.3 Å². The van der Waals surface area contributed by atoms with E-state index < -0.39 is 0 Å². The monoisotopic (exact) mass is 413 g/mol.